The Morgan fingerprint density at radius 3 is 2.62 bits per heavy atom. The van der Waals surface area contributed by atoms with Crippen LogP contribution in [0.5, 0.6) is 0 Å². The standard InChI is InChI=1S/C19H15ClO/c1-14(2)12-19(21)18-9-4-3-7-16(18)11-10-15-6-5-8-17(20)13-15/h3-9,13H,1,12H2,2H3. The van der Waals surface area contributed by atoms with Gasteiger partial charge in [-0.2, -0.15) is 0 Å². The van der Waals surface area contributed by atoms with E-state index in [2.05, 4.69) is 18.4 Å². The molecular formula is C19H15ClO. The van der Waals surface area contributed by atoms with E-state index in [0.29, 0.717) is 17.0 Å². The number of ketones is 1. The van der Waals surface area contributed by atoms with E-state index < -0.39 is 0 Å². The van der Waals surface area contributed by atoms with Gasteiger partial charge in [-0.25, -0.2) is 0 Å². The van der Waals surface area contributed by atoms with Gasteiger partial charge in [0, 0.05) is 28.1 Å². The Morgan fingerprint density at radius 1 is 1.14 bits per heavy atom. The third kappa shape index (κ3) is 4.34. The van der Waals surface area contributed by atoms with E-state index in [4.69, 9.17) is 11.6 Å². The average molecular weight is 295 g/mol. The van der Waals surface area contributed by atoms with E-state index in [0.717, 1.165) is 16.7 Å². The Hall–Kier alpha value is -2.30. The van der Waals surface area contributed by atoms with Gasteiger partial charge in [-0.1, -0.05) is 59.9 Å². The molecule has 2 aromatic rings. The van der Waals surface area contributed by atoms with Gasteiger partial charge >= 0.3 is 0 Å². The van der Waals surface area contributed by atoms with Gasteiger partial charge in [0.2, 0.25) is 0 Å². The second-order valence-electron chi connectivity index (χ2n) is 4.86. The lowest BCUT2D eigenvalue weighted by Gasteiger charge is -2.03. The predicted molar refractivity (Wildman–Crippen MR) is 87.6 cm³/mol. The number of Topliss-reactive ketones (excluding diaryl/α,β-unsaturated/α-hetero) is 1. The molecule has 0 bridgehead atoms. The highest BCUT2D eigenvalue weighted by Gasteiger charge is 2.09. The number of benzene rings is 2. The summed E-state index contributed by atoms with van der Waals surface area (Å²) in [7, 11) is 0. The molecular weight excluding hydrogens is 280 g/mol. The van der Waals surface area contributed by atoms with E-state index in [1.54, 1.807) is 18.2 Å². The maximum Gasteiger partial charge on any atom is 0.168 e. The first-order chi connectivity index (χ1) is 10.1. The van der Waals surface area contributed by atoms with Crippen molar-refractivity contribution in [2.24, 2.45) is 0 Å². The minimum absolute atomic E-state index is 0.0403. The molecule has 2 heteroatoms. The van der Waals surface area contributed by atoms with Crippen molar-refractivity contribution >= 4 is 17.4 Å². The first-order valence-electron chi connectivity index (χ1n) is 6.60. The lowest BCUT2D eigenvalue weighted by Crippen LogP contribution is -2.02. The molecule has 0 aromatic heterocycles. The van der Waals surface area contributed by atoms with Crippen LogP contribution in [0.4, 0.5) is 0 Å². The summed E-state index contributed by atoms with van der Waals surface area (Å²) in [6.45, 7) is 5.63. The predicted octanol–water partition coefficient (Wildman–Crippen LogP) is 4.89. The molecule has 2 rings (SSSR count). The molecule has 104 valence electrons. The van der Waals surface area contributed by atoms with Crippen molar-refractivity contribution in [2.45, 2.75) is 13.3 Å². The molecule has 21 heavy (non-hydrogen) atoms. The number of halogens is 1. The molecule has 0 spiro atoms. The van der Waals surface area contributed by atoms with Crippen LogP contribution in [0, 0.1) is 11.8 Å². The zero-order valence-corrected chi connectivity index (χ0v) is 12.6. The van der Waals surface area contributed by atoms with Gasteiger partial charge in [-0.15, -0.1) is 0 Å². The van der Waals surface area contributed by atoms with Crippen LogP contribution in [0.2, 0.25) is 5.02 Å². The Balaban J connectivity index is 2.33. The monoisotopic (exact) mass is 294 g/mol. The molecule has 0 N–H and O–H groups in total. The minimum atomic E-state index is 0.0403. The van der Waals surface area contributed by atoms with E-state index in [-0.39, 0.29) is 5.78 Å². The van der Waals surface area contributed by atoms with Crippen LogP contribution in [0.15, 0.2) is 60.7 Å². The average Bonchev–Trinajstić information content (AvgIpc) is 2.45. The van der Waals surface area contributed by atoms with Crippen LogP contribution in [0.1, 0.15) is 34.8 Å². The van der Waals surface area contributed by atoms with Crippen LogP contribution < -0.4 is 0 Å². The molecule has 0 saturated heterocycles. The van der Waals surface area contributed by atoms with Crippen LogP contribution in [-0.4, -0.2) is 5.78 Å². The van der Waals surface area contributed by atoms with Crippen molar-refractivity contribution in [1.82, 2.24) is 0 Å². The topological polar surface area (TPSA) is 17.1 Å². The molecule has 0 heterocycles. The zero-order valence-electron chi connectivity index (χ0n) is 11.8. The maximum atomic E-state index is 12.2. The van der Waals surface area contributed by atoms with Crippen LogP contribution in [0.25, 0.3) is 0 Å². The smallest absolute Gasteiger partial charge is 0.168 e. The van der Waals surface area contributed by atoms with Crippen LogP contribution >= 0.6 is 11.6 Å². The molecule has 0 saturated carbocycles. The quantitative estimate of drug-likeness (QED) is 0.447. The van der Waals surface area contributed by atoms with E-state index in [1.165, 1.54) is 0 Å². The number of carbonyl (C=O) groups excluding carboxylic acids is 1. The summed E-state index contributed by atoms with van der Waals surface area (Å²) in [6.07, 6.45) is 0.343. The normalized spacial score (nSPS) is 9.62. The Kier molecular flexibility index (Phi) is 4.98. The lowest BCUT2D eigenvalue weighted by molar-refractivity contribution is 0.0993. The van der Waals surface area contributed by atoms with E-state index >= 15 is 0 Å². The second kappa shape index (κ2) is 6.92. The summed E-state index contributed by atoms with van der Waals surface area (Å²) in [6, 6.07) is 14.7. The Bertz CT molecular complexity index is 747. The van der Waals surface area contributed by atoms with Crippen molar-refractivity contribution < 1.29 is 4.79 Å². The number of carbonyl (C=O) groups is 1. The molecule has 0 radical (unpaired) electrons. The molecule has 1 nitrogen and oxygen atoms in total. The third-order valence-electron chi connectivity index (χ3n) is 2.86. The fraction of sp³-hybridized carbons (Fsp3) is 0.105. The maximum absolute atomic E-state index is 12.2. The van der Waals surface area contributed by atoms with Gasteiger partial charge in [0.15, 0.2) is 5.78 Å². The first kappa shape index (κ1) is 15.1. The summed E-state index contributed by atoms with van der Waals surface area (Å²) in [5.41, 5.74) is 3.03. The number of allylic oxidation sites excluding steroid dienone is 1. The van der Waals surface area contributed by atoms with Crippen molar-refractivity contribution in [1.29, 1.82) is 0 Å². The van der Waals surface area contributed by atoms with Gasteiger partial charge in [0.25, 0.3) is 0 Å². The largest absolute Gasteiger partial charge is 0.294 e. The molecule has 0 aliphatic carbocycles. The van der Waals surface area contributed by atoms with Crippen molar-refractivity contribution in [3.8, 4) is 11.8 Å². The summed E-state index contributed by atoms with van der Waals surface area (Å²) in [5.74, 6) is 6.13. The minimum Gasteiger partial charge on any atom is -0.294 e. The highest BCUT2D eigenvalue weighted by atomic mass is 35.5. The van der Waals surface area contributed by atoms with Gasteiger partial charge < -0.3 is 0 Å². The fourth-order valence-corrected chi connectivity index (χ4v) is 2.10. The molecule has 0 aliphatic heterocycles. The van der Waals surface area contributed by atoms with Crippen LogP contribution in [-0.2, 0) is 0 Å². The first-order valence-corrected chi connectivity index (χ1v) is 6.98. The SMILES string of the molecule is C=C(C)CC(=O)c1ccccc1C#Cc1cccc(Cl)c1. The fourth-order valence-electron chi connectivity index (χ4n) is 1.91. The van der Waals surface area contributed by atoms with E-state index in [9.17, 15) is 4.79 Å². The molecule has 0 aliphatic rings. The molecule has 0 unspecified atom stereocenters. The van der Waals surface area contributed by atoms with Crippen molar-refractivity contribution in [2.75, 3.05) is 0 Å². The van der Waals surface area contributed by atoms with Gasteiger partial charge in [0.05, 0.1) is 0 Å². The number of rotatable bonds is 3. The third-order valence-corrected chi connectivity index (χ3v) is 3.09. The highest BCUT2D eigenvalue weighted by Crippen LogP contribution is 2.14. The van der Waals surface area contributed by atoms with Gasteiger partial charge in [0.1, 0.15) is 0 Å². The van der Waals surface area contributed by atoms with Gasteiger partial charge in [-0.3, -0.25) is 4.79 Å². The summed E-state index contributed by atoms with van der Waals surface area (Å²) < 4.78 is 0. The molecule has 0 fully saturated rings. The van der Waals surface area contributed by atoms with Crippen molar-refractivity contribution in [3.63, 3.8) is 0 Å². The summed E-state index contributed by atoms with van der Waals surface area (Å²) in [5, 5.41) is 0.647. The van der Waals surface area contributed by atoms with Gasteiger partial charge in [-0.05, 0) is 31.2 Å². The number of hydrogen-bond donors (Lipinski definition) is 0. The van der Waals surface area contributed by atoms with Crippen LogP contribution in [0.3, 0.4) is 0 Å². The summed E-state index contributed by atoms with van der Waals surface area (Å²) in [4.78, 5) is 12.2. The highest BCUT2D eigenvalue weighted by molar-refractivity contribution is 6.30. The number of hydrogen-bond acceptors (Lipinski definition) is 1. The lowest BCUT2D eigenvalue weighted by atomic mass is 9.99. The molecule has 2 aromatic carbocycles. The van der Waals surface area contributed by atoms with E-state index in [1.807, 2.05) is 37.3 Å². The summed E-state index contributed by atoms with van der Waals surface area (Å²) >= 11 is 5.93. The molecule has 0 amide bonds. The second-order valence-corrected chi connectivity index (χ2v) is 5.30. The Labute approximate surface area is 130 Å². The Morgan fingerprint density at radius 2 is 1.90 bits per heavy atom. The molecule has 0 atom stereocenters. The zero-order chi connectivity index (χ0) is 15.2. The van der Waals surface area contributed by atoms with Crippen molar-refractivity contribution in [3.05, 3.63) is 82.4 Å².